The zero-order valence-corrected chi connectivity index (χ0v) is 19.0. The molecule has 2 atom stereocenters. The van der Waals surface area contributed by atoms with Gasteiger partial charge in [0.15, 0.2) is 5.16 Å². The number of thioether (sulfide) groups is 1. The number of nitrogens with zero attached hydrogens (tertiary/aromatic N) is 2. The maximum absolute atomic E-state index is 13.1. The van der Waals surface area contributed by atoms with Crippen LogP contribution in [-0.4, -0.2) is 34.4 Å². The van der Waals surface area contributed by atoms with E-state index < -0.39 is 5.25 Å². The average molecular weight is 466 g/mol. The Morgan fingerprint density at radius 2 is 1.87 bits per heavy atom. The lowest BCUT2D eigenvalue weighted by molar-refractivity contribution is -0.115. The van der Waals surface area contributed by atoms with Gasteiger partial charge in [-0.3, -0.25) is 14.2 Å². The van der Waals surface area contributed by atoms with E-state index in [1.165, 1.54) is 11.8 Å². The van der Waals surface area contributed by atoms with E-state index in [1.54, 1.807) is 55.0 Å². The number of anilines is 1. The van der Waals surface area contributed by atoms with Crippen molar-refractivity contribution in [3.8, 4) is 0 Å². The minimum absolute atomic E-state index is 0.165. The van der Waals surface area contributed by atoms with Crippen molar-refractivity contribution in [2.24, 2.45) is 0 Å². The number of benzene rings is 2. The molecule has 158 valence electrons. The third-order valence-electron chi connectivity index (χ3n) is 4.41. The van der Waals surface area contributed by atoms with Crippen molar-refractivity contribution in [2.75, 3.05) is 19.0 Å². The smallest absolute Gasteiger partial charge is 0.262 e. The highest BCUT2D eigenvalue weighted by Crippen LogP contribution is 2.27. The number of rotatable bonds is 7. The first kappa shape index (κ1) is 22.6. The fourth-order valence-electron chi connectivity index (χ4n) is 2.99. The van der Waals surface area contributed by atoms with E-state index in [0.717, 1.165) is 0 Å². The van der Waals surface area contributed by atoms with E-state index in [-0.39, 0.29) is 17.5 Å². The molecule has 0 aliphatic carbocycles. The van der Waals surface area contributed by atoms with Crippen LogP contribution in [0.5, 0.6) is 0 Å². The first-order valence-corrected chi connectivity index (χ1v) is 10.9. The Balaban J connectivity index is 1.92. The number of nitrogens with one attached hydrogen (secondary N) is 1. The monoisotopic (exact) mass is 465 g/mol. The van der Waals surface area contributed by atoms with Crippen molar-refractivity contribution in [2.45, 2.75) is 30.3 Å². The molecule has 0 aliphatic rings. The van der Waals surface area contributed by atoms with Gasteiger partial charge in [-0.15, -0.1) is 0 Å². The minimum atomic E-state index is -0.531. The predicted molar refractivity (Wildman–Crippen MR) is 123 cm³/mol. The summed E-state index contributed by atoms with van der Waals surface area (Å²) in [6, 6.07) is 11.7. The summed E-state index contributed by atoms with van der Waals surface area (Å²) in [5.74, 6) is -0.258. The number of carbonyl (C=O) groups is 1. The van der Waals surface area contributed by atoms with Gasteiger partial charge in [-0.05, 0) is 44.2 Å². The second-order valence-electron chi connectivity index (χ2n) is 6.80. The Kier molecular flexibility index (Phi) is 7.41. The topological polar surface area (TPSA) is 73.2 Å². The number of amides is 1. The molecular weight excluding hydrogens is 445 g/mol. The molecule has 30 heavy (non-hydrogen) atoms. The van der Waals surface area contributed by atoms with Gasteiger partial charge in [-0.25, -0.2) is 4.98 Å². The zero-order chi connectivity index (χ0) is 21.8. The number of fused-ring (bicyclic) bond motifs is 1. The van der Waals surface area contributed by atoms with Crippen LogP contribution in [0.3, 0.4) is 0 Å². The van der Waals surface area contributed by atoms with Gasteiger partial charge in [0.1, 0.15) is 0 Å². The lowest BCUT2D eigenvalue weighted by Gasteiger charge is -2.20. The first-order chi connectivity index (χ1) is 14.3. The molecule has 6 nitrogen and oxygen atoms in total. The third-order valence-corrected chi connectivity index (χ3v) is 5.91. The van der Waals surface area contributed by atoms with Crippen LogP contribution in [0.2, 0.25) is 10.0 Å². The van der Waals surface area contributed by atoms with Gasteiger partial charge in [0.05, 0.1) is 28.8 Å². The Hall–Kier alpha value is -2.06. The normalized spacial score (nSPS) is 13.2. The predicted octanol–water partition coefficient (Wildman–Crippen LogP) is 5.03. The molecule has 1 aromatic heterocycles. The molecule has 1 amide bonds. The third kappa shape index (κ3) is 5.16. The summed E-state index contributed by atoms with van der Waals surface area (Å²) in [6.07, 6.45) is 0. The number of para-hydroxylation sites is 1. The summed E-state index contributed by atoms with van der Waals surface area (Å²) in [5, 5.41) is 4.10. The molecule has 0 saturated heterocycles. The molecule has 3 aromatic rings. The van der Waals surface area contributed by atoms with Crippen LogP contribution >= 0.6 is 35.0 Å². The Morgan fingerprint density at radius 3 is 2.53 bits per heavy atom. The summed E-state index contributed by atoms with van der Waals surface area (Å²) < 4.78 is 6.81. The van der Waals surface area contributed by atoms with Crippen LogP contribution in [0.15, 0.2) is 52.4 Å². The molecule has 0 radical (unpaired) electrons. The van der Waals surface area contributed by atoms with Crippen LogP contribution in [0.25, 0.3) is 10.9 Å². The number of aromatic nitrogens is 2. The van der Waals surface area contributed by atoms with Gasteiger partial charge in [0.2, 0.25) is 5.91 Å². The molecule has 0 bridgehead atoms. The maximum Gasteiger partial charge on any atom is 0.262 e. The molecule has 1 heterocycles. The molecule has 0 fully saturated rings. The first-order valence-electron chi connectivity index (χ1n) is 9.24. The molecule has 1 N–H and O–H groups in total. The number of halogens is 2. The molecule has 0 saturated carbocycles. The SMILES string of the molecule is COC[C@@H](C)n1c(S[C@@H](C)C(=O)Nc2cc(Cl)cc(Cl)c2)nc2ccccc2c1=O. The molecule has 0 aliphatic heterocycles. The Morgan fingerprint density at radius 1 is 1.20 bits per heavy atom. The number of ether oxygens (including phenoxy) is 1. The van der Waals surface area contributed by atoms with Gasteiger partial charge >= 0.3 is 0 Å². The van der Waals surface area contributed by atoms with Gasteiger partial charge in [0.25, 0.3) is 5.56 Å². The van der Waals surface area contributed by atoms with Crippen molar-refractivity contribution >= 4 is 57.5 Å². The second kappa shape index (κ2) is 9.83. The fraction of sp³-hybridized carbons (Fsp3) is 0.286. The number of hydrogen-bond donors (Lipinski definition) is 1. The van der Waals surface area contributed by atoms with Crippen LogP contribution in [0.4, 0.5) is 5.69 Å². The molecule has 2 aromatic carbocycles. The van der Waals surface area contributed by atoms with Crippen LogP contribution in [0, 0.1) is 0 Å². The molecule has 3 rings (SSSR count). The van der Waals surface area contributed by atoms with E-state index >= 15 is 0 Å². The summed E-state index contributed by atoms with van der Waals surface area (Å²) in [6.45, 7) is 3.97. The lowest BCUT2D eigenvalue weighted by atomic mass is 10.2. The fourth-order valence-corrected chi connectivity index (χ4v) is 4.53. The summed E-state index contributed by atoms with van der Waals surface area (Å²) >= 11 is 13.2. The minimum Gasteiger partial charge on any atom is -0.383 e. The summed E-state index contributed by atoms with van der Waals surface area (Å²) in [7, 11) is 1.58. The van der Waals surface area contributed by atoms with E-state index in [0.29, 0.717) is 38.4 Å². The standard InChI is InChI=1S/C21H21Cl2N3O3S/c1-12(11-29-3)26-20(28)17-6-4-5-7-18(17)25-21(26)30-13(2)19(27)24-16-9-14(22)8-15(23)10-16/h4-10,12-13H,11H2,1-3H3,(H,24,27)/t12-,13+/m1/s1. The van der Waals surface area contributed by atoms with Crippen molar-refractivity contribution in [1.29, 1.82) is 0 Å². The Labute approximate surface area is 188 Å². The van der Waals surface area contributed by atoms with Gasteiger partial charge < -0.3 is 10.1 Å². The van der Waals surface area contributed by atoms with Crippen LogP contribution in [0.1, 0.15) is 19.9 Å². The average Bonchev–Trinajstić information content (AvgIpc) is 2.67. The van der Waals surface area contributed by atoms with E-state index in [2.05, 4.69) is 10.3 Å². The maximum atomic E-state index is 13.1. The number of carbonyl (C=O) groups excluding carboxylic acids is 1. The molecular formula is C21H21Cl2N3O3S. The van der Waals surface area contributed by atoms with Crippen molar-refractivity contribution < 1.29 is 9.53 Å². The van der Waals surface area contributed by atoms with Crippen molar-refractivity contribution in [1.82, 2.24) is 9.55 Å². The van der Waals surface area contributed by atoms with Crippen molar-refractivity contribution in [3.05, 3.63) is 62.9 Å². The van der Waals surface area contributed by atoms with Crippen LogP contribution in [-0.2, 0) is 9.53 Å². The number of hydrogen-bond acceptors (Lipinski definition) is 5. The molecule has 0 spiro atoms. The van der Waals surface area contributed by atoms with Gasteiger partial charge in [-0.2, -0.15) is 0 Å². The summed E-state index contributed by atoms with van der Waals surface area (Å²) in [5.41, 5.74) is 0.920. The van der Waals surface area contributed by atoms with Gasteiger partial charge in [0, 0.05) is 22.8 Å². The second-order valence-corrected chi connectivity index (χ2v) is 8.98. The largest absolute Gasteiger partial charge is 0.383 e. The number of methoxy groups -OCH3 is 1. The molecule has 0 unspecified atom stereocenters. The summed E-state index contributed by atoms with van der Waals surface area (Å²) in [4.78, 5) is 30.5. The highest BCUT2D eigenvalue weighted by atomic mass is 35.5. The zero-order valence-electron chi connectivity index (χ0n) is 16.7. The van der Waals surface area contributed by atoms with Crippen molar-refractivity contribution in [3.63, 3.8) is 0 Å². The lowest BCUT2D eigenvalue weighted by Crippen LogP contribution is -2.30. The van der Waals surface area contributed by atoms with Gasteiger partial charge in [-0.1, -0.05) is 47.1 Å². The van der Waals surface area contributed by atoms with E-state index in [1.807, 2.05) is 13.0 Å². The highest BCUT2D eigenvalue weighted by molar-refractivity contribution is 8.00. The van der Waals surface area contributed by atoms with Crippen LogP contribution < -0.4 is 10.9 Å². The molecule has 9 heteroatoms. The quantitative estimate of drug-likeness (QED) is 0.391. The van der Waals surface area contributed by atoms with E-state index in [4.69, 9.17) is 27.9 Å². The Bertz CT molecular complexity index is 1120. The highest BCUT2D eigenvalue weighted by Gasteiger charge is 2.22. The van der Waals surface area contributed by atoms with E-state index in [9.17, 15) is 9.59 Å².